The van der Waals surface area contributed by atoms with Crippen LogP contribution in [-0.2, 0) is 0 Å². The molecule has 3 aromatic rings. The average Bonchev–Trinajstić information content (AvgIpc) is 2.57. The van der Waals surface area contributed by atoms with Crippen molar-refractivity contribution in [3.63, 3.8) is 0 Å². The summed E-state index contributed by atoms with van der Waals surface area (Å²) in [7, 11) is 0. The van der Waals surface area contributed by atoms with E-state index >= 15 is 0 Å². The van der Waals surface area contributed by atoms with Gasteiger partial charge in [0.25, 0.3) is 0 Å². The van der Waals surface area contributed by atoms with Gasteiger partial charge in [0.05, 0.1) is 15.6 Å². The number of nitro benzene ring substituents is 1. The Bertz CT molecular complexity index is 972. The van der Waals surface area contributed by atoms with Crippen molar-refractivity contribution in [3.8, 4) is 5.75 Å². The lowest BCUT2D eigenvalue weighted by molar-refractivity contribution is -0.385. The Morgan fingerprint density at radius 1 is 1.17 bits per heavy atom. The molecule has 0 bridgehead atoms. The highest BCUT2D eigenvalue weighted by Crippen LogP contribution is 2.37. The van der Waals surface area contributed by atoms with E-state index in [1.807, 2.05) is 30.3 Å². The Labute approximate surface area is 150 Å². The van der Waals surface area contributed by atoms with E-state index in [2.05, 4.69) is 20.9 Å². The first-order valence-electron chi connectivity index (χ1n) is 6.86. The lowest BCUT2D eigenvalue weighted by Crippen LogP contribution is -1.92. The van der Waals surface area contributed by atoms with Crippen molar-refractivity contribution in [3.05, 3.63) is 73.3 Å². The molecule has 2 aromatic carbocycles. The molecular formula is C17H10BrClN2O3. The maximum atomic E-state index is 11.0. The zero-order valence-corrected chi connectivity index (χ0v) is 14.5. The van der Waals surface area contributed by atoms with Crippen LogP contribution in [0.1, 0.15) is 11.3 Å². The molecule has 0 fully saturated rings. The summed E-state index contributed by atoms with van der Waals surface area (Å²) in [5.41, 5.74) is 1.17. The first-order chi connectivity index (χ1) is 11.5. The first kappa shape index (κ1) is 16.4. The summed E-state index contributed by atoms with van der Waals surface area (Å²) in [6.45, 7) is 0. The fourth-order valence-corrected chi connectivity index (χ4v) is 2.74. The largest absolute Gasteiger partial charge is 0.501 e. The van der Waals surface area contributed by atoms with E-state index in [4.69, 9.17) is 11.6 Å². The molecule has 5 nitrogen and oxygen atoms in total. The molecule has 0 radical (unpaired) electrons. The molecule has 0 unspecified atom stereocenters. The second-order valence-electron chi connectivity index (χ2n) is 5.00. The highest BCUT2D eigenvalue weighted by Gasteiger charge is 2.20. The monoisotopic (exact) mass is 404 g/mol. The molecular weight excluding hydrogens is 396 g/mol. The van der Waals surface area contributed by atoms with Crippen molar-refractivity contribution in [1.82, 2.24) is 4.98 Å². The van der Waals surface area contributed by atoms with Gasteiger partial charge in [0.15, 0.2) is 0 Å². The van der Waals surface area contributed by atoms with Crippen molar-refractivity contribution >= 4 is 56.3 Å². The summed E-state index contributed by atoms with van der Waals surface area (Å²) < 4.78 is 0.982. The maximum Gasteiger partial charge on any atom is 0.314 e. The third-order valence-corrected chi connectivity index (χ3v) is 4.26. The quantitative estimate of drug-likeness (QED) is 0.465. The fourth-order valence-electron chi connectivity index (χ4n) is 2.22. The van der Waals surface area contributed by atoms with Gasteiger partial charge < -0.3 is 5.11 Å². The molecule has 3 rings (SSSR count). The van der Waals surface area contributed by atoms with Gasteiger partial charge in [0.1, 0.15) is 5.52 Å². The normalized spacial score (nSPS) is 11.2. The molecule has 1 N–H and O–H groups in total. The van der Waals surface area contributed by atoms with Gasteiger partial charge in [-0.2, -0.15) is 0 Å². The minimum absolute atomic E-state index is 0.104. The summed E-state index contributed by atoms with van der Waals surface area (Å²) in [6.07, 6.45) is 3.62. The number of nitro groups is 1. The Morgan fingerprint density at radius 2 is 1.88 bits per heavy atom. The van der Waals surface area contributed by atoms with E-state index in [1.54, 1.807) is 18.2 Å². The van der Waals surface area contributed by atoms with Gasteiger partial charge in [-0.15, -0.1) is 0 Å². The predicted octanol–water partition coefficient (Wildman–Crippen LogP) is 5.43. The molecule has 0 aliphatic rings. The zero-order valence-electron chi connectivity index (χ0n) is 12.1. The topological polar surface area (TPSA) is 76.3 Å². The van der Waals surface area contributed by atoms with Crippen LogP contribution < -0.4 is 0 Å². The van der Waals surface area contributed by atoms with E-state index in [0.29, 0.717) is 11.1 Å². The first-order valence-corrected chi connectivity index (χ1v) is 8.03. The van der Waals surface area contributed by atoms with Gasteiger partial charge in [-0.25, -0.2) is 4.98 Å². The van der Waals surface area contributed by atoms with Crippen LogP contribution in [0, 0.1) is 10.1 Å². The lowest BCUT2D eigenvalue weighted by atomic mass is 10.1. The number of nitrogens with zero attached hydrogens (tertiary/aromatic N) is 2. The standard InChI is InChI=1S/C17H10BrClN2O3/c18-11-4-1-10(2-5-11)3-6-12-7-8-13-14(19)9-15(21(23)24)17(22)16(13)20-12/h1-9,22H/b6-3+. The van der Waals surface area contributed by atoms with Crippen LogP contribution in [0.25, 0.3) is 23.1 Å². The number of benzene rings is 2. The van der Waals surface area contributed by atoms with Crippen LogP contribution in [0.5, 0.6) is 5.75 Å². The maximum absolute atomic E-state index is 11.0. The van der Waals surface area contributed by atoms with Gasteiger partial charge in [0.2, 0.25) is 5.75 Å². The van der Waals surface area contributed by atoms with Crippen LogP contribution in [-0.4, -0.2) is 15.0 Å². The van der Waals surface area contributed by atoms with Gasteiger partial charge >= 0.3 is 5.69 Å². The van der Waals surface area contributed by atoms with Crippen LogP contribution in [0.15, 0.2) is 46.9 Å². The molecule has 1 heterocycles. The molecule has 0 saturated carbocycles. The molecule has 0 amide bonds. The van der Waals surface area contributed by atoms with E-state index in [0.717, 1.165) is 16.1 Å². The molecule has 0 aliphatic carbocycles. The smallest absolute Gasteiger partial charge is 0.314 e. The summed E-state index contributed by atoms with van der Waals surface area (Å²) in [6, 6.07) is 12.2. The SMILES string of the molecule is O=[N+]([O-])c1cc(Cl)c2ccc(/C=C/c3ccc(Br)cc3)nc2c1O. The third-order valence-electron chi connectivity index (χ3n) is 3.42. The molecule has 0 aliphatic heterocycles. The van der Waals surface area contributed by atoms with Crippen molar-refractivity contribution in [2.45, 2.75) is 0 Å². The van der Waals surface area contributed by atoms with Gasteiger partial charge in [-0.3, -0.25) is 10.1 Å². The Balaban J connectivity index is 2.05. The number of hydrogen-bond acceptors (Lipinski definition) is 4. The zero-order chi connectivity index (χ0) is 17.3. The van der Waals surface area contributed by atoms with Crippen LogP contribution in [0.4, 0.5) is 5.69 Å². The summed E-state index contributed by atoms with van der Waals surface area (Å²) in [5, 5.41) is 21.7. The minimum atomic E-state index is -0.688. The molecule has 0 spiro atoms. The number of aromatic nitrogens is 1. The van der Waals surface area contributed by atoms with Gasteiger partial charge in [0, 0.05) is 15.9 Å². The van der Waals surface area contributed by atoms with E-state index in [-0.39, 0.29) is 10.5 Å². The lowest BCUT2D eigenvalue weighted by Gasteiger charge is -2.05. The molecule has 0 atom stereocenters. The number of pyridine rings is 1. The molecule has 120 valence electrons. The van der Waals surface area contributed by atoms with Gasteiger partial charge in [-0.1, -0.05) is 45.7 Å². The molecule has 1 aromatic heterocycles. The van der Waals surface area contributed by atoms with Gasteiger partial charge in [-0.05, 0) is 35.9 Å². The van der Waals surface area contributed by atoms with Crippen molar-refractivity contribution in [1.29, 1.82) is 0 Å². The summed E-state index contributed by atoms with van der Waals surface area (Å²) in [5.74, 6) is -0.488. The van der Waals surface area contributed by atoms with E-state index < -0.39 is 16.4 Å². The van der Waals surface area contributed by atoms with Crippen LogP contribution in [0.3, 0.4) is 0 Å². The Kier molecular flexibility index (Phi) is 4.51. The number of halogens is 2. The highest BCUT2D eigenvalue weighted by atomic mass is 79.9. The van der Waals surface area contributed by atoms with Crippen molar-refractivity contribution < 1.29 is 10.0 Å². The van der Waals surface area contributed by atoms with Crippen LogP contribution in [0.2, 0.25) is 5.02 Å². The minimum Gasteiger partial charge on any atom is -0.501 e. The number of hydrogen-bond donors (Lipinski definition) is 1. The number of fused-ring (bicyclic) bond motifs is 1. The number of aromatic hydroxyl groups is 1. The Hall–Kier alpha value is -2.44. The average molecular weight is 406 g/mol. The molecule has 24 heavy (non-hydrogen) atoms. The highest BCUT2D eigenvalue weighted by molar-refractivity contribution is 9.10. The fraction of sp³-hybridized carbons (Fsp3) is 0. The summed E-state index contributed by atoms with van der Waals surface area (Å²) >= 11 is 9.41. The van der Waals surface area contributed by atoms with Crippen LogP contribution >= 0.6 is 27.5 Å². The Morgan fingerprint density at radius 3 is 2.54 bits per heavy atom. The number of phenols is 1. The third kappa shape index (κ3) is 3.25. The van der Waals surface area contributed by atoms with Crippen molar-refractivity contribution in [2.75, 3.05) is 0 Å². The second kappa shape index (κ2) is 6.59. The predicted molar refractivity (Wildman–Crippen MR) is 98.1 cm³/mol. The molecule has 7 heteroatoms. The van der Waals surface area contributed by atoms with E-state index in [9.17, 15) is 15.2 Å². The number of rotatable bonds is 3. The molecule has 0 saturated heterocycles. The van der Waals surface area contributed by atoms with Crippen molar-refractivity contribution in [2.24, 2.45) is 0 Å². The second-order valence-corrected chi connectivity index (χ2v) is 6.32. The number of phenolic OH excluding ortho intramolecular Hbond substituents is 1. The summed E-state index contributed by atoms with van der Waals surface area (Å²) in [4.78, 5) is 14.6. The van der Waals surface area contributed by atoms with E-state index in [1.165, 1.54) is 0 Å².